The molecular weight excluding hydrogens is 560 g/mol. The fraction of sp³-hybridized carbons (Fsp3) is 0.303. The van der Waals surface area contributed by atoms with Gasteiger partial charge in [0.05, 0.1) is 11.9 Å². The van der Waals surface area contributed by atoms with E-state index in [0.717, 1.165) is 36.1 Å². The number of aromatic nitrogens is 3. The monoisotopic (exact) mass is 596 g/mol. The third-order valence-electron chi connectivity index (χ3n) is 7.03. The Balaban J connectivity index is 1.24. The fourth-order valence-electron chi connectivity index (χ4n) is 4.42. The summed E-state index contributed by atoms with van der Waals surface area (Å²) in [5.74, 6) is -0.511. The van der Waals surface area contributed by atoms with Gasteiger partial charge in [0.25, 0.3) is 11.8 Å². The second kappa shape index (κ2) is 13.2. The van der Waals surface area contributed by atoms with Crippen LogP contribution in [-0.2, 0) is 19.2 Å². The topological polar surface area (TPSA) is 136 Å². The highest BCUT2D eigenvalue weighted by molar-refractivity contribution is 6.04. The second-order valence-electron chi connectivity index (χ2n) is 11.7. The van der Waals surface area contributed by atoms with Crippen molar-refractivity contribution in [1.29, 1.82) is 0 Å². The summed E-state index contributed by atoms with van der Waals surface area (Å²) >= 11 is 0. The van der Waals surface area contributed by atoms with Crippen molar-refractivity contribution in [2.45, 2.75) is 53.2 Å². The maximum Gasteiger partial charge on any atom is 0.267 e. The predicted octanol–water partition coefficient (Wildman–Crippen LogP) is 5.53. The number of hydrogen-bond acceptors (Lipinski definition) is 7. The molecule has 3 amide bonds. The van der Waals surface area contributed by atoms with Gasteiger partial charge in [0.2, 0.25) is 5.91 Å². The molecule has 4 aromatic rings. The first-order valence-corrected chi connectivity index (χ1v) is 14.5. The zero-order valence-electron chi connectivity index (χ0n) is 25.2. The number of benzene rings is 2. The minimum Gasteiger partial charge on any atom is -0.350 e. The molecule has 11 heteroatoms. The van der Waals surface area contributed by atoms with Crippen LogP contribution in [0, 0.1) is 12.3 Å². The number of hydrogen-bond donors (Lipinski definition) is 3. The normalized spacial score (nSPS) is 15.3. The van der Waals surface area contributed by atoms with E-state index in [-0.39, 0.29) is 11.8 Å². The number of carbonyl (C=O) groups is 3. The summed E-state index contributed by atoms with van der Waals surface area (Å²) in [5, 5.41) is 10.3. The van der Waals surface area contributed by atoms with Gasteiger partial charge < -0.3 is 15.4 Å². The van der Waals surface area contributed by atoms with E-state index >= 15 is 0 Å². The Hall–Kier alpha value is -4.87. The molecule has 1 atom stereocenters. The molecular formula is C33H36N6O5. The number of hydroxylamine groups is 1. The second-order valence-corrected chi connectivity index (χ2v) is 11.7. The molecule has 0 radical (unpaired) electrons. The van der Waals surface area contributed by atoms with Gasteiger partial charge in [-0.05, 0) is 67.3 Å². The SMILES string of the molecule is Cc1ccc(-c2cn3nc(NC(=O)c4cccc(C=CC(=O)NOC5CCCCO5)c4)ccc3n2)cc1NC(=O)C(C)(C)C. The zero-order chi connectivity index (χ0) is 31.3. The highest BCUT2D eigenvalue weighted by atomic mass is 16.8. The van der Waals surface area contributed by atoms with Gasteiger partial charge in [-0.15, -0.1) is 5.10 Å². The number of carbonyl (C=O) groups excluding carboxylic acids is 3. The molecule has 44 heavy (non-hydrogen) atoms. The van der Waals surface area contributed by atoms with E-state index < -0.39 is 17.6 Å². The Bertz CT molecular complexity index is 1720. The van der Waals surface area contributed by atoms with Gasteiger partial charge in [-0.2, -0.15) is 0 Å². The molecule has 2 aromatic carbocycles. The fourth-order valence-corrected chi connectivity index (χ4v) is 4.42. The lowest BCUT2D eigenvalue weighted by molar-refractivity contribution is -0.198. The van der Waals surface area contributed by atoms with Crippen molar-refractivity contribution in [2.24, 2.45) is 5.41 Å². The van der Waals surface area contributed by atoms with Crippen LogP contribution in [0.3, 0.4) is 0 Å². The van der Waals surface area contributed by atoms with Gasteiger partial charge in [0, 0.05) is 41.3 Å². The Morgan fingerprint density at radius 1 is 1.05 bits per heavy atom. The summed E-state index contributed by atoms with van der Waals surface area (Å²) in [6.07, 6.45) is 6.98. The van der Waals surface area contributed by atoms with Crippen molar-refractivity contribution in [3.8, 4) is 11.3 Å². The van der Waals surface area contributed by atoms with Crippen LogP contribution in [0.5, 0.6) is 0 Å². The molecule has 3 heterocycles. The quantitative estimate of drug-likeness (QED) is 0.180. The number of nitrogens with zero attached hydrogens (tertiary/aromatic N) is 3. The van der Waals surface area contributed by atoms with E-state index in [4.69, 9.17) is 9.57 Å². The van der Waals surface area contributed by atoms with Crippen molar-refractivity contribution >= 4 is 40.9 Å². The standard InChI is InChI=1S/C33H36N6O5/c1-21-11-13-23(19-25(21)35-32(42)33(2,3)4)26-20-39-28(34-26)15-14-27(37-39)36-31(41)24-9-7-8-22(18-24)12-16-29(40)38-44-30-10-5-6-17-43-30/h7-9,11-16,18-20,30H,5-6,10,17H2,1-4H3,(H,35,42)(H,38,40)(H,36,37,41). The van der Waals surface area contributed by atoms with Crippen LogP contribution in [0.15, 0.2) is 66.9 Å². The van der Waals surface area contributed by atoms with E-state index in [1.165, 1.54) is 6.08 Å². The molecule has 1 unspecified atom stereocenters. The van der Waals surface area contributed by atoms with Crippen LogP contribution in [0.2, 0.25) is 0 Å². The van der Waals surface area contributed by atoms with E-state index in [9.17, 15) is 14.4 Å². The Morgan fingerprint density at radius 2 is 1.89 bits per heavy atom. The van der Waals surface area contributed by atoms with Crippen LogP contribution < -0.4 is 16.1 Å². The maximum atomic E-state index is 13.0. The van der Waals surface area contributed by atoms with Crippen LogP contribution in [0.1, 0.15) is 61.5 Å². The van der Waals surface area contributed by atoms with Crippen molar-refractivity contribution in [1.82, 2.24) is 20.1 Å². The molecule has 228 valence electrons. The molecule has 1 aliphatic heterocycles. The van der Waals surface area contributed by atoms with Crippen molar-refractivity contribution < 1.29 is 24.0 Å². The number of imidazole rings is 1. The molecule has 0 bridgehead atoms. The van der Waals surface area contributed by atoms with Crippen LogP contribution in [0.25, 0.3) is 23.0 Å². The van der Waals surface area contributed by atoms with Crippen LogP contribution >= 0.6 is 0 Å². The number of nitrogens with one attached hydrogen (secondary N) is 3. The van der Waals surface area contributed by atoms with Crippen LogP contribution in [0.4, 0.5) is 11.5 Å². The van der Waals surface area contributed by atoms with Gasteiger partial charge >= 0.3 is 0 Å². The summed E-state index contributed by atoms with van der Waals surface area (Å²) in [5.41, 5.74) is 6.68. The number of fused-ring (bicyclic) bond motifs is 1. The zero-order valence-corrected chi connectivity index (χ0v) is 25.2. The van der Waals surface area contributed by atoms with Gasteiger partial charge in [-0.25, -0.2) is 19.8 Å². The van der Waals surface area contributed by atoms with E-state index in [1.807, 2.05) is 45.9 Å². The molecule has 1 saturated heterocycles. The predicted molar refractivity (Wildman–Crippen MR) is 167 cm³/mol. The molecule has 0 aliphatic carbocycles. The summed E-state index contributed by atoms with van der Waals surface area (Å²) in [7, 11) is 0. The third kappa shape index (κ3) is 7.74. The molecule has 1 aliphatic rings. The average molecular weight is 597 g/mol. The number of aryl methyl sites for hydroxylation is 1. The highest BCUT2D eigenvalue weighted by Gasteiger charge is 2.22. The minimum atomic E-state index is -0.524. The first-order valence-electron chi connectivity index (χ1n) is 14.5. The van der Waals surface area contributed by atoms with Gasteiger partial charge in [0.15, 0.2) is 17.8 Å². The number of ether oxygens (including phenoxy) is 1. The number of rotatable bonds is 8. The Morgan fingerprint density at radius 3 is 2.66 bits per heavy atom. The molecule has 3 N–H and O–H groups in total. The largest absolute Gasteiger partial charge is 0.350 e. The van der Waals surface area contributed by atoms with E-state index in [0.29, 0.717) is 34.9 Å². The molecule has 5 rings (SSSR count). The average Bonchev–Trinajstić information content (AvgIpc) is 3.44. The Labute approximate surface area is 255 Å². The molecule has 2 aromatic heterocycles. The molecule has 0 spiro atoms. The third-order valence-corrected chi connectivity index (χ3v) is 7.03. The molecule has 1 fully saturated rings. The van der Waals surface area contributed by atoms with Gasteiger partial charge in [0.1, 0.15) is 0 Å². The number of amides is 3. The summed E-state index contributed by atoms with van der Waals surface area (Å²) in [4.78, 5) is 47.7. The summed E-state index contributed by atoms with van der Waals surface area (Å²) < 4.78 is 7.02. The lowest BCUT2D eigenvalue weighted by Gasteiger charge is -2.21. The summed E-state index contributed by atoms with van der Waals surface area (Å²) in [6, 6.07) is 16.1. The maximum absolute atomic E-state index is 13.0. The smallest absolute Gasteiger partial charge is 0.267 e. The van der Waals surface area contributed by atoms with E-state index in [2.05, 4.69) is 26.2 Å². The first-order chi connectivity index (χ1) is 21.0. The van der Waals surface area contributed by atoms with Crippen molar-refractivity contribution in [3.05, 3.63) is 83.6 Å². The number of anilines is 2. The molecule has 11 nitrogen and oxygen atoms in total. The van der Waals surface area contributed by atoms with Crippen molar-refractivity contribution in [2.75, 3.05) is 17.2 Å². The van der Waals surface area contributed by atoms with Crippen LogP contribution in [-0.4, -0.2) is 45.2 Å². The molecule has 0 saturated carbocycles. The first kappa shape index (κ1) is 30.6. The lowest BCUT2D eigenvalue weighted by atomic mass is 9.95. The lowest BCUT2D eigenvalue weighted by Crippen LogP contribution is -2.32. The highest BCUT2D eigenvalue weighted by Crippen LogP contribution is 2.27. The Kier molecular flexibility index (Phi) is 9.17. The minimum absolute atomic E-state index is 0.0724. The summed E-state index contributed by atoms with van der Waals surface area (Å²) in [6.45, 7) is 8.16. The van der Waals surface area contributed by atoms with Gasteiger partial charge in [-0.3, -0.25) is 14.4 Å². The van der Waals surface area contributed by atoms with E-state index in [1.54, 1.807) is 53.2 Å². The van der Waals surface area contributed by atoms with Gasteiger partial charge in [-0.1, -0.05) is 45.0 Å². The van der Waals surface area contributed by atoms with Crippen molar-refractivity contribution in [3.63, 3.8) is 0 Å².